The van der Waals surface area contributed by atoms with Gasteiger partial charge in [-0.05, 0) is 37.8 Å². The van der Waals surface area contributed by atoms with Gasteiger partial charge in [-0.3, -0.25) is 14.3 Å². The van der Waals surface area contributed by atoms with Gasteiger partial charge in [-0.2, -0.15) is 5.10 Å². The van der Waals surface area contributed by atoms with Crippen molar-refractivity contribution in [2.24, 2.45) is 0 Å². The molecule has 2 aromatic rings. The minimum absolute atomic E-state index is 0.0243. The van der Waals surface area contributed by atoms with E-state index in [0.29, 0.717) is 6.54 Å². The van der Waals surface area contributed by atoms with Crippen LogP contribution in [0.3, 0.4) is 0 Å². The van der Waals surface area contributed by atoms with Crippen molar-refractivity contribution in [2.45, 2.75) is 44.7 Å². The Balaban J connectivity index is 1.93. The first-order valence-electron chi connectivity index (χ1n) is 10.0. The predicted molar refractivity (Wildman–Crippen MR) is 111 cm³/mol. The minimum Gasteiger partial charge on any atom is -0.502 e. The Morgan fingerprint density at radius 2 is 1.90 bits per heavy atom. The molecule has 1 unspecified atom stereocenters. The lowest BCUT2D eigenvalue weighted by molar-refractivity contribution is 0.0570. The van der Waals surface area contributed by atoms with Crippen LogP contribution in [-0.4, -0.2) is 38.3 Å². The number of aromatic hydroxyl groups is 1. The average Bonchev–Trinajstić information content (AvgIpc) is 2.73. The van der Waals surface area contributed by atoms with Crippen molar-refractivity contribution in [1.82, 2.24) is 14.7 Å². The maximum absolute atomic E-state index is 13.0. The highest BCUT2D eigenvalue weighted by molar-refractivity contribution is 5.96. The van der Waals surface area contributed by atoms with Crippen LogP contribution in [0.25, 0.3) is 0 Å². The second-order valence-corrected chi connectivity index (χ2v) is 7.84. The zero-order valence-corrected chi connectivity index (χ0v) is 16.7. The second-order valence-electron chi connectivity index (χ2n) is 7.84. The molecule has 6 nitrogen and oxygen atoms in total. The number of amides is 1. The molecule has 150 valence electrons. The first kappa shape index (κ1) is 19.2. The highest BCUT2D eigenvalue weighted by atomic mass is 16.3. The maximum atomic E-state index is 13.0. The number of benzene rings is 1. The molecular weight excluding hydrogens is 366 g/mol. The van der Waals surface area contributed by atoms with Crippen LogP contribution in [0.4, 0.5) is 0 Å². The van der Waals surface area contributed by atoms with Gasteiger partial charge in [-0.15, -0.1) is 0 Å². The third-order valence-corrected chi connectivity index (χ3v) is 5.70. The van der Waals surface area contributed by atoms with Crippen molar-refractivity contribution in [3.8, 4) is 5.75 Å². The molecule has 2 atom stereocenters. The van der Waals surface area contributed by atoms with E-state index in [1.165, 1.54) is 0 Å². The first-order valence-corrected chi connectivity index (χ1v) is 10.0. The van der Waals surface area contributed by atoms with Gasteiger partial charge in [-0.1, -0.05) is 48.6 Å². The van der Waals surface area contributed by atoms with Gasteiger partial charge < -0.3 is 10.0 Å². The summed E-state index contributed by atoms with van der Waals surface area (Å²) in [4.78, 5) is 26.8. The molecule has 2 heterocycles. The summed E-state index contributed by atoms with van der Waals surface area (Å²) < 4.78 is 1.55. The van der Waals surface area contributed by atoms with E-state index >= 15 is 0 Å². The smallest absolute Gasteiger partial charge is 0.276 e. The molecular formula is C23H25N3O3. The molecule has 0 fully saturated rings. The summed E-state index contributed by atoms with van der Waals surface area (Å²) in [6.07, 6.45) is 9.60. The Kier molecular flexibility index (Phi) is 5.09. The summed E-state index contributed by atoms with van der Waals surface area (Å²) in [7, 11) is 0. The van der Waals surface area contributed by atoms with Gasteiger partial charge >= 0.3 is 0 Å². The number of allylic oxidation sites excluding steroid dienone is 4. The largest absolute Gasteiger partial charge is 0.502 e. The Labute approximate surface area is 169 Å². The van der Waals surface area contributed by atoms with E-state index in [1.54, 1.807) is 9.58 Å². The van der Waals surface area contributed by atoms with Gasteiger partial charge in [0.15, 0.2) is 11.4 Å². The number of carbonyl (C=O) groups excluding carboxylic acids is 1. The molecule has 1 N–H and O–H groups in total. The van der Waals surface area contributed by atoms with Crippen molar-refractivity contribution in [3.05, 3.63) is 81.8 Å². The lowest BCUT2D eigenvalue weighted by Crippen LogP contribution is -2.49. The first-order chi connectivity index (χ1) is 14.0. The van der Waals surface area contributed by atoms with Gasteiger partial charge in [0.2, 0.25) is 5.43 Å². The Hall–Kier alpha value is -3.15. The average molecular weight is 391 g/mol. The molecule has 0 saturated heterocycles. The Morgan fingerprint density at radius 3 is 2.55 bits per heavy atom. The quantitative estimate of drug-likeness (QED) is 0.867. The number of rotatable bonds is 4. The van der Waals surface area contributed by atoms with Crippen LogP contribution in [0, 0.1) is 0 Å². The summed E-state index contributed by atoms with van der Waals surface area (Å²) in [6, 6.07) is 9.82. The standard InChI is InChI=1S/C23H25N3O3/c1-15(2)25-14-18(26-21(23(25)29)22(28)19(27)13-24-26)20(16-9-5-3-6-10-16)17-11-7-4-8-12-17/h3,5-7,9-13,15,18,20,28H,4,8,14H2,1-2H3/t18-,20?/m0/s1. The molecule has 0 spiro atoms. The predicted octanol–water partition coefficient (Wildman–Crippen LogP) is 3.41. The van der Waals surface area contributed by atoms with E-state index in [4.69, 9.17) is 0 Å². The van der Waals surface area contributed by atoms with Crippen LogP contribution in [0.2, 0.25) is 0 Å². The number of fused-ring (bicyclic) bond motifs is 1. The molecule has 0 bridgehead atoms. The molecule has 1 aliphatic heterocycles. The molecule has 4 rings (SSSR count). The maximum Gasteiger partial charge on any atom is 0.276 e. The van der Waals surface area contributed by atoms with E-state index in [0.717, 1.165) is 30.2 Å². The number of nitrogens with zero attached hydrogens (tertiary/aromatic N) is 3. The zero-order valence-electron chi connectivity index (χ0n) is 16.7. The minimum atomic E-state index is -0.637. The van der Waals surface area contributed by atoms with Crippen LogP contribution in [0.15, 0.2) is 65.1 Å². The van der Waals surface area contributed by atoms with Crippen molar-refractivity contribution in [1.29, 1.82) is 0 Å². The molecule has 1 aliphatic carbocycles. The van der Waals surface area contributed by atoms with Crippen LogP contribution < -0.4 is 5.43 Å². The fourth-order valence-corrected chi connectivity index (χ4v) is 4.26. The van der Waals surface area contributed by atoms with Crippen LogP contribution in [0.5, 0.6) is 5.75 Å². The molecule has 0 radical (unpaired) electrons. The molecule has 29 heavy (non-hydrogen) atoms. The van der Waals surface area contributed by atoms with Gasteiger partial charge in [0.1, 0.15) is 0 Å². The monoisotopic (exact) mass is 391 g/mol. The van der Waals surface area contributed by atoms with Crippen molar-refractivity contribution < 1.29 is 9.90 Å². The van der Waals surface area contributed by atoms with Crippen molar-refractivity contribution in [3.63, 3.8) is 0 Å². The van der Waals surface area contributed by atoms with Gasteiger partial charge in [0.25, 0.3) is 5.91 Å². The Bertz CT molecular complexity index is 1040. The van der Waals surface area contributed by atoms with E-state index in [9.17, 15) is 14.7 Å². The number of aromatic nitrogens is 2. The molecule has 1 amide bonds. The van der Waals surface area contributed by atoms with E-state index in [1.807, 2.05) is 32.0 Å². The van der Waals surface area contributed by atoms with Crippen molar-refractivity contribution >= 4 is 5.91 Å². The highest BCUT2D eigenvalue weighted by Gasteiger charge is 2.40. The lowest BCUT2D eigenvalue weighted by Gasteiger charge is -2.41. The van der Waals surface area contributed by atoms with Gasteiger partial charge in [-0.25, -0.2) is 0 Å². The van der Waals surface area contributed by atoms with Gasteiger partial charge in [0.05, 0.1) is 12.2 Å². The highest BCUT2D eigenvalue weighted by Crippen LogP contribution is 2.41. The Morgan fingerprint density at radius 1 is 1.14 bits per heavy atom. The van der Waals surface area contributed by atoms with Crippen LogP contribution >= 0.6 is 0 Å². The summed E-state index contributed by atoms with van der Waals surface area (Å²) in [5, 5.41) is 14.7. The second kappa shape index (κ2) is 7.70. The third-order valence-electron chi connectivity index (χ3n) is 5.70. The van der Waals surface area contributed by atoms with Crippen LogP contribution in [0.1, 0.15) is 54.7 Å². The normalized spacial score (nSPS) is 19.8. The molecule has 0 saturated carbocycles. The SMILES string of the molecule is CC(C)N1C[C@@H](C(C2=CCCC=C2)c2ccccc2)n2ncc(=O)c(O)c2C1=O. The number of hydrogen-bond donors (Lipinski definition) is 1. The lowest BCUT2D eigenvalue weighted by atomic mass is 9.81. The van der Waals surface area contributed by atoms with Gasteiger partial charge in [0, 0.05) is 18.5 Å². The van der Waals surface area contributed by atoms with Crippen molar-refractivity contribution in [2.75, 3.05) is 6.54 Å². The molecule has 1 aromatic heterocycles. The summed E-state index contributed by atoms with van der Waals surface area (Å²) in [5.41, 5.74) is 1.61. The number of hydrogen-bond acceptors (Lipinski definition) is 4. The van der Waals surface area contributed by atoms with E-state index in [-0.39, 0.29) is 29.6 Å². The number of carbonyl (C=O) groups is 1. The topological polar surface area (TPSA) is 75.4 Å². The summed E-state index contributed by atoms with van der Waals surface area (Å²) in [5.74, 6) is -0.950. The molecule has 1 aromatic carbocycles. The fourth-order valence-electron chi connectivity index (χ4n) is 4.26. The third kappa shape index (κ3) is 3.39. The van der Waals surface area contributed by atoms with E-state index in [2.05, 4.69) is 35.5 Å². The van der Waals surface area contributed by atoms with E-state index < -0.39 is 11.2 Å². The van der Waals surface area contributed by atoms with Crippen LogP contribution in [-0.2, 0) is 0 Å². The summed E-state index contributed by atoms with van der Waals surface area (Å²) >= 11 is 0. The fraction of sp³-hybridized carbons (Fsp3) is 0.348. The summed E-state index contributed by atoms with van der Waals surface area (Å²) in [6.45, 7) is 4.32. The molecule has 2 aliphatic rings. The molecule has 6 heteroatoms. The zero-order chi connectivity index (χ0) is 20.5.